The molecular formula is C19H15Cl2F3N2O2. The summed E-state index contributed by atoms with van der Waals surface area (Å²) in [6.07, 6.45) is -3.66. The Morgan fingerprint density at radius 2 is 1.64 bits per heavy atom. The number of allylic oxidation sites excluding steroid dienone is 1. The number of carbonyl (C=O) groups is 2. The van der Waals surface area contributed by atoms with Gasteiger partial charge in [0.2, 0.25) is 5.91 Å². The number of hydrogen-bond acceptors (Lipinski definition) is 3. The van der Waals surface area contributed by atoms with E-state index in [9.17, 15) is 22.8 Å². The van der Waals surface area contributed by atoms with E-state index in [4.69, 9.17) is 23.2 Å². The van der Waals surface area contributed by atoms with Crippen LogP contribution >= 0.6 is 23.2 Å². The predicted molar refractivity (Wildman–Crippen MR) is 102 cm³/mol. The third kappa shape index (κ3) is 6.90. The van der Waals surface area contributed by atoms with E-state index < -0.39 is 23.9 Å². The maximum Gasteiger partial charge on any atom is 0.454 e. The van der Waals surface area contributed by atoms with Crippen LogP contribution in [0.25, 0.3) is 0 Å². The second-order valence-corrected chi connectivity index (χ2v) is 6.62. The average Bonchev–Trinajstić information content (AvgIpc) is 2.59. The maximum absolute atomic E-state index is 12.6. The Morgan fingerprint density at radius 3 is 2.21 bits per heavy atom. The second kappa shape index (κ2) is 9.61. The molecule has 148 valence electrons. The van der Waals surface area contributed by atoms with Crippen molar-refractivity contribution in [3.8, 4) is 0 Å². The normalized spacial score (nSPS) is 12.6. The topological polar surface area (TPSA) is 58.2 Å². The summed E-state index contributed by atoms with van der Waals surface area (Å²) in [5, 5.41) is 5.76. The number of amides is 1. The standard InChI is InChI=1S/C19H15Cl2F3N2O2/c20-13-9-14(21)11-15(10-13)26-18(28)16(8-12-4-2-1-3-5-12)25-7-6-17(27)19(22,23)24/h1-7,9-11,16,25H,8H2,(H,26,28). The summed E-state index contributed by atoms with van der Waals surface area (Å²) in [5.74, 6) is -2.56. The van der Waals surface area contributed by atoms with Gasteiger partial charge < -0.3 is 10.6 Å². The summed E-state index contributed by atoms with van der Waals surface area (Å²) >= 11 is 11.8. The zero-order chi connectivity index (χ0) is 20.7. The highest BCUT2D eigenvalue weighted by Crippen LogP contribution is 2.22. The third-order valence-electron chi connectivity index (χ3n) is 3.54. The van der Waals surface area contributed by atoms with Gasteiger partial charge in [0.1, 0.15) is 6.04 Å². The lowest BCUT2D eigenvalue weighted by Crippen LogP contribution is -2.39. The Hall–Kier alpha value is -2.51. The van der Waals surface area contributed by atoms with Gasteiger partial charge in [-0.2, -0.15) is 13.2 Å². The molecule has 0 spiro atoms. The summed E-state index contributed by atoms with van der Waals surface area (Å²) in [5.41, 5.74) is 1.10. The largest absolute Gasteiger partial charge is 0.454 e. The van der Waals surface area contributed by atoms with Gasteiger partial charge in [0.05, 0.1) is 0 Å². The van der Waals surface area contributed by atoms with Crippen LogP contribution in [-0.4, -0.2) is 23.9 Å². The first kappa shape index (κ1) is 21.8. The molecule has 0 heterocycles. The van der Waals surface area contributed by atoms with Crippen molar-refractivity contribution in [3.63, 3.8) is 0 Å². The van der Waals surface area contributed by atoms with Gasteiger partial charge in [0.25, 0.3) is 5.78 Å². The molecule has 1 amide bonds. The van der Waals surface area contributed by atoms with Crippen LogP contribution in [0, 0.1) is 0 Å². The van der Waals surface area contributed by atoms with Gasteiger partial charge in [0, 0.05) is 34.4 Å². The highest BCUT2D eigenvalue weighted by Gasteiger charge is 2.36. The molecule has 0 bridgehead atoms. The van der Waals surface area contributed by atoms with Gasteiger partial charge in [0.15, 0.2) is 0 Å². The number of carbonyl (C=O) groups excluding carboxylic acids is 2. The van der Waals surface area contributed by atoms with E-state index in [0.29, 0.717) is 21.8 Å². The molecule has 1 unspecified atom stereocenters. The smallest absolute Gasteiger partial charge is 0.379 e. The lowest BCUT2D eigenvalue weighted by atomic mass is 10.1. The van der Waals surface area contributed by atoms with Crippen LogP contribution < -0.4 is 10.6 Å². The number of ketones is 1. The molecule has 0 fully saturated rings. The first-order chi connectivity index (χ1) is 13.1. The average molecular weight is 431 g/mol. The number of hydrogen-bond donors (Lipinski definition) is 2. The maximum atomic E-state index is 12.6. The molecule has 28 heavy (non-hydrogen) atoms. The molecule has 2 N–H and O–H groups in total. The van der Waals surface area contributed by atoms with Gasteiger partial charge in [-0.3, -0.25) is 9.59 Å². The Bertz CT molecular complexity index is 851. The van der Waals surface area contributed by atoms with Crippen LogP contribution in [0.5, 0.6) is 0 Å². The van der Waals surface area contributed by atoms with Crippen molar-refractivity contribution in [2.75, 3.05) is 5.32 Å². The van der Waals surface area contributed by atoms with E-state index in [1.54, 1.807) is 30.3 Å². The molecule has 2 aromatic carbocycles. The Morgan fingerprint density at radius 1 is 1.04 bits per heavy atom. The summed E-state index contributed by atoms with van der Waals surface area (Å²) in [6, 6.07) is 12.4. The van der Waals surface area contributed by atoms with E-state index in [-0.39, 0.29) is 6.42 Å². The van der Waals surface area contributed by atoms with Gasteiger partial charge in [-0.05, 0) is 23.8 Å². The molecule has 1 atom stereocenters. The van der Waals surface area contributed by atoms with E-state index in [2.05, 4.69) is 10.6 Å². The molecule has 0 aliphatic carbocycles. The quantitative estimate of drug-likeness (QED) is 0.621. The zero-order valence-electron chi connectivity index (χ0n) is 14.3. The minimum Gasteiger partial charge on any atom is -0.379 e. The van der Waals surface area contributed by atoms with E-state index in [1.165, 1.54) is 18.2 Å². The number of halogens is 5. The number of nitrogens with one attached hydrogen (secondary N) is 2. The molecule has 4 nitrogen and oxygen atoms in total. The summed E-state index contributed by atoms with van der Waals surface area (Å²) in [4.78, 5) is 23.6. The number of benzene rings is 2. The van der Waals surface area contributed by atoms with Crippen LogP contribution in [0.1, 0.15) is 5.56 Å². The van der Waals surface area contributed by atoms with Gasteiger partial charge in [-0.25, -0.2) is 0 Å². The lowest BCUT2D eigenvalue weighted by molar-refractivity contribution is -0.165. The lowest BCUT2D eigenvalue weighted by Gasteiger charge is -2.18. The van der Waals surface area contributed by atoms with Crippen LogP contribution in [0.15, 0.2) is 60.8 Å². The molecular weight excluding hydrogens is 416 g/mol. The van der Waals surface area contributed by atoms with Crippen molar-refractivity contribution in [2.24, 2.45) is 0 Å². The molecule has 0 aliphatic rings. The van der Waals surface area contributed by atoms with Crippen molar-refractivity contribution in [3.05, 3.63) is 76.4 Å². The van der Waals surface area contributed by atoms with Crippen LogP contribution in [0.2, 0.25) is 10.0 Å². The van der Waals surface area contributed by atoms with Crippen molar-refractivity contribution >= 4 is 40.6 Å². The van der Waals surface area contributed by atoms with Crippen LogP contribution in [0.3, 0.4) is 0 Å². The molecule has 0 radical (unpaired) electrons. The zero-order valence-corrected chi connectivity index (χ0v) is 15.8. The molecule has 0 saturated carbocycles. The number of alkyl halides is 3. The Kier molecular flexibility index (Phi) is 7.48. The van der Waals surface area contributed by atoms with E-state index >= 15 is 0 Å². The number of rotatable bonds is 7. The molecule has 9 heteroatoms. The van der Waals surface area contributed by atoms with Crippen molar-refractivity contribution in [1.82, 2.24) is 5.32 Å². The van der Waals surface area contributed by atoms with Gasteiger partial charge in [-0.1, -0.05) is 53.5 Å². The monoisotopic (exact) mass is 430 g/mol. The highest BCUT2D eigenvalue weighted by atomic mass is 35.5. The minimum atomic E-state index is -4.98. The number of anilines is 1. The molecule has 2 rings (SSSR count). The summed E-state index contributed by atoms with van der Waals surface area (Å²) < 4.78 is 36.9. The predicted octanol–water partition coefficient (Wildman–Crippen LogP) is 4.78. The third-order valence-corrected chi connectivity index (χ3v) is 3.98. The van der Waals surface area contributed by atoms with Gasteiger partial charge in [-0.15, -0.1) is 0 Å². The molecule has 0 aliphatic heterocycles. The van der Waals surface area contributed by atoms with Crippen molar-refractivity contribution in [1.29, 1.82) is 0 Å². The SMILES string of the molecule is O=C(Nc1cc(Cl)cc(Cl)c1)C(Cc1ccccc1)NC=CC(=O)C(F)(F)F. The van der Waals surface area contributed by atoms with Gasteiger partial charge >= 0.3 is 6.18 Å². The molecule has 2 aromatic rings. The fraction of sp³-hybridized carbons (Fsp3) is 0.158. The minimum absolute atomic E-state index is 0.172. The van der Waals surface area contributed by atoms with Crippen molar-refractivity contribution in [2.45, 2.75) is 18.6 Å². The summed E-state index contributed by atoms with van der Waals surface area (Å²) in [7, 11) is 0. The van der Waals surface area contributed by atoms with Crippen LogP contribution in [0.4, 0.5) is 18.9 Å². The fourth-order valence-electron chi connectivity index (χ4n) is 2.27. The summed E-state index contributed by atoms with van der Waals surface area (Å²) in [6.45, 7) is 0. The van der Waals surface area contributed by atoms with E-state index in [1.807, 2.05) is 0 Å². The fourth-order valence-corrected chi connectivity index (χ4v) is 2.79. The molecule has 0 saturated heterocycles. The first-order valence-corrected chi connectivity index (χ1v) is 8.75. The highest BCUT2D eigenvalue weighted by molar-refractivity contribution is 6.35. The Balaban J connectivity index is 2.15. The van der Waals surface area contributed by atoms with Crippen LogP contribution in [-0.2, 0) is 16.0 Å². The Labute approximate surface area is 169 Å². The first-order valence-electron chi connectivity index (χ1n) is 8.00. The second-order valence-electron chi connectivity index (χ2n) is 5.75. The van der Waals surface area contributed by atoms with Crippen molar-refractivity contribution < 1.29 is 22.8 Å². The van der Waals surface area contributed by atoms with E-state index in [0.717, 1.165) is 11.8 Å². The molecule has 0 aromatic heterocycles.